The van der Waals surface area contributed by atoms with Crippen molar-refractivity contribution in [1.29, 1.82) is 0 Å². The van der Waals surface area contributed by atoms with Crippen LogP contribution in [0.15, 0.2) is 24.3 Å². The zero-order chi connectivity index (χ0) is 13.9. The molecule has 3 rings (SSSR count). The van der Waals surface area contributed by atoms with E-state index >= 15 is 0 Å². The van der Waals surface area contributed by atoms with Crippen molar-refractivity contribution >= 4 is 28.0 Å². The first-order chi connectivity index (χ1) is 9.81. The van der Waals surface area contributed by atoms with E-state index in [0.29, 0.717) is 5.95 Å². The molecule has 0 aliphatic carbocycles. The van der Waals surface area contributed by atoms with Gasteiger partial charge in [0.2, 0.25) is 5.95 Å². The van der Waals surface area contributed by atoms with Gasteiger partial charge in [-0.05, 0) is 18.9 Å². The van der Waals surface area contributed by atoms with Gasteiger partial charge in [-0.15, -0.1) is 10.2 Å². The molecule has 0 amide bonds. The quantitative estimate of drug-likeness (QED) is 0.691. The van der Waals surface area contributed by atoms with Crippen LogP contribution >= 0.6 is 0 Å². The highest BCUT2D eigenvalue weighted by Crippen LogP contribution is 2.24. The first-order valence-electron chi connectivity index (χ1n) is 6.74. The fourth-order valence-electron chi connectivity index (χ4n) is 2.32. The number of anilines is 1. The molecule has 0 saturated carbocycles. The van der Waals surface area contributed by atoms with Crippen LogP contribution in [0.3, 0.4) is 0 Å². The molecule has 0 atom stereocenters. The molecule has 2 aromatic heterocycles. The molecule has 0 unspecified atom stereocenters. The molecule has 2 heterocycles. The summed E-state index contributed by atoms with van der Waals surface area (Å²) in [4.78, 5) is 4.53. The molecular weight excluding hydrogens is 254 g/mol. The lowest BCUT2D eigenvalue weighted by atomic mass is 10.2. The fourth-order valence-corrected chi connectivity index (χ4v) is 2.32. The van der Waals surface area contributed by atoms with Gasteiger partial charge in [0.15, 0.2) is 5.65 Å². The summed E-state index contributed by atoms with van der Waals surface area (Å²) >= 11 is 0. The van der Waals surface area contributed by atoms with Gasteiger partial charge in [0, 0.05) is 25.6 Å². The van der Waals surface area contributed by atoms with E-state index in [4.69, 9.17) is 5.11 Å². The maximum absolute atomic E-state index is 8.75. The highest BCUT2D eigenvalue weighted by Gasteiger charge is 2.11. The number of nitrogens with one attached hydrogen (secondary N) is 1. The van der Waals surface area contributed by atoms with Crippen LogP contribution in [0.2, 0.25) is 0 Å². The summed E-state index contributed by atoms with van der Waals surface area (Å²) in [5, 5.41) is 21.4. The Kier molecular flexibility index (Phi) is 3.47. The van der Waals surface area contributed by atoms with Crippen molar-refractivity contribution in [3.8, 4) is 0 Å². The molecule has 0 aliphatic heterocycles. The number of hydrogen-bond acceptors (Lipinski definition) is 5. The Morgan fingerprint density at radius 2 is 2.05 bits per heavy atom. The van der Waals surface area contributed by atoms with Gasteiger partial charge in [0.05, 0.1) is 5.52 Å². The van der Waals surface area contributed by atoms with E-state index in [-0.39, 0.29) is 6.61 Å². The lowest BCUT2D eigenvalue weighted by molar-refractivity contribution is 0.286. The number of fused-ring (bicyclic) bond motifs is 3. The number of aliphatic hydroxyl groups is 1. The van der Waals surface area contributed by atoms with Gasteiger partial charge < -0.3 is 15.0 Å². The van der Waals surface area contributed by atoms with Crippen LogP contribution in [0.5, 0.6) is 0 Å². The van der Waals surface area contributed by atoms with Crippen LogP contribution in [0.4, 0.5) is 5.95 Å². The van der Waals surface area contributed by atoms with Gasteiger partial charge in [-0.25, -0.2) is 0 Å². The van der Waals surface area contributed by atoms with E-state index in [1.807, 2.05) is 35.9 Å². The molecular formula is C14H17N5O. The Morgan fingerprint density at radius 3 is 2.90 bits per heavy atom. The van der Waals surface area contributed by atoms with E-state index < -0.39 is 0 Å². The van der Waals surface area contributed by atoms with Gasteiger partial charge in [-0.3, -0.25) is 0 Å². The van der Waals surface area contributed by atoms with E-state index in [1.165, 1.54) is 0 Å². The van der Waals surface area contributed by atoms with Crippen LogP contribution in [-0.2, 0) is 7.05 Å². The van der Waals surface area contributed by atoms with Gasteiger partial charge in [-0.1, -0.05) is 18.2 Å². The highest BCUT2D eigenvalue weighted by molar-refractivity contribution is 6.04. The van der Waals surface area contributed by atoms with Crippen molar-refractivity contribution in [3.63, 3.8) is 0 Å². The summed E-state index contributed by atoms with van der Waals surface area (Å²) in [5.41, 5.74) is 2.75. The number of aliphatic hydroxyl groups excluding tert-OH is 1. The standard InChI is InChI=1S/C14H17N5O/c1-19-11-7-3-2-6-10(11)12-13(19)16-14(18-17-12)15-8-4-5-9-20/h2-3,6-7,20H,4-5,8-9H2,1H3,(H,15,16,18). The Balaban J connectivity index is 1.95. The molecule has 3 aromatic rings. The number of hydrogen-bond donors (Lipinski definition) is 2. The SMILES string of the molecule is Cn1c2ccccc2c2nnc(NCCCCO)nc21. The molecule has 6 heteroatoms. The average Bonchev–Trinajstić information content (AvgIpc) is 2.77. The largest absolute Gasteiger partial charge is 0.396 e. The third-order valence-electron chi connectivity index (χ3n) is 3.37. The molecule has 0 fully saturated rings. The van der Waals surface area contributed by atoms with Gasteiger partial charge in [0.1, 0.15) is 5.52 Å². The average molecular weight is 271 g/mol. The summed E-state index contributed by atoms with van der Waals surface area (Å²) in [6.45, 7) is 0.945. The third kappa shape index (κ3) is 2.18. The number of nitrogens with zero attached hydrogens (tertiary/aromatic N) is 4. The summed E-state index contributed by atoms with van der Waals surface area (Å²) < 4.78 is 2.03. The van der Waals surface area contributed by atoms with Crippen molar-refractivity contribution in [1.82, 2.24) is 19.7 Å². The number of rotatable bonds is 5. The zero-order valence-electron chi connectivity index (χ0n) is 11.4. The minimum atomic E-state index is 0.211. The molecule has 1 aromatic carbocycles. The van der Waals surface area contributed by atoms with Crippen molar-refractivity contribution in [3.05, 3.63) is 24.3 Å². The predicted molar refractivity (Wildman–Crippen MR) is 78.6 cm³/mol. The monoisotopic (exact) mass is 271 g/mol. The Hall–Kier alpha value is -2.21. The molecule has 20 heavy (non-hydrogen) atoms. The van der Waals surface area contributed by atoms with Crippen molar-refractivity contribution in [2.45, 2.75) is 12.8 Å². The summed E-state index contributed by atoms with van der Waals surface area (Å²) in [6, 6.07) is 8.07. The second-order valence-corrected chi connectivity index (χ2v) is 4.74. The Bertz CT molecular complexity index is 737. The minimum Gasteiger partial charge on any atom is -0.396 e. The summed E-state index contributed by atoms with van der Waals surface area (Å²) in [6.07, 6.45) is 1.66. The molecule has 0 radical (unpaired) electrons. The summed E-state index contributed by atoms with van der Waals surface area (Å²) in [5.74, 6) is 0.529. The number of para-hydroxylation sites is 1. The molecule has 0 spiro atoms. The number of aromatic nitrogens is 4. The Labute approximate surface area is 116 Å². The van der Waals surface area contributed by atoms with E-state index in [1.54, 1.807) is 0 Å². The second-order valence-electron chi connectivity index (χ2n) is 4.74. The first-order valence-corrected chi connectivity index (χ1v) is 6.74. The summed E-state index contributed by atoms with van der Waals surface area (Å²) in [7, 11) is 1.98. The normalized spacial score (nSPS) is 11.3. The molecule has 0 bridgehead atoms. The molecule has 104 valence electrons. The van der Waals surface area contributed by atoms with Crippen LogP contribution in [0.25, 0.3) is 22.1 Å². The van der Waals surface area contributed by atoms with Crippen molar-refractivity contribution in [2.75, 3.05) is 18.5 Å². The molecule has 6 nitrogen and oxygen atoms in total. The van der Waals surface area contributed by atoms with Crippen LogP contribution in [0.1, 0.15) is 12.8 Å². The fraction of sp³-hybridized carbons (Fsp3) is 0.357. The van der Waals surface area contributed by atoms with Gasteiger partial charge >= 0.3 is 0 Å². The van der Waals surface area contributed by atoms with E-state index in [9.17, 15) is 0 Å². The second kappa shape index (κ2) is 5.42. The smallest absolute Gasteiger partial charge is 0.244 e. The maximum atomic E-state index is 8.75. The van der Waals surface area contributed by atoms with Crippen LogP contribution in [0, 0.1) is 0 Å². The number of unbranched alkanes of at least 4 members (excludes halogenated alkanes) is 1. The van der Waals surface area contributed by atoms with Crippen molar-refractivity contribution < 1.29 is 5.11 Å². The number of aryl methyl sites for hydroxylation is 1. The Morgan fingerprint density at radius 1 is 1.20 bits per heavy atom. The van der Waals surface area contributed by atoms with E-state index in [2.05, 4.69) is 20.5 Å². The lowest BCUT2D eigenvalue weighted by Crippen LogP contribution is -2.07. The van der Waals surface area contributed by atoms with Gasteiger partial charge in [-0.2, -0.15) is 4.98 Å². The van der Waals surface area contributed by atoms with Gasteiger partial charge in [0.25, 0.3) is 0 Å². The molecule has 0 saturated heterocycles. The van der Waals surface area contributed by atoms with E-state index in [0.717, 1.165) is 41.5 Å². The lowest BCUT2D eigenvalue weighted by Gasteiger charge is -2.03. The first kappa shape index (κ1) is 12.8. The highest BCUT2D eigenvalue weighted by atomic mass is 16.2. The topological polar surface area (TPSA) is 75.9 Å². The van der Waals surface area contributed by atoms with Crippen LogP contribution < -0.4 is 5.32 Å². The maximum Gasteiger partial charge on any atom is 0.244 e. The number of benzene rings is 1. The van der Waals surface area contributed by atoms with Crippen LogP contribution in [-0.4, -0.2) is 38.0 Å². The minimum absolute atomic E-state index is 0.211. The zero-order valence-corrected chi connectivity index (χ0v) is 11.4. The molecule has 2 N–H and O–H groups in total. The third-order valence-corrected chi connectivity index (χ3v) is 3.37. The molecule has 0 aliphatic rings. The predicted octanol–water partition coefficient (Wildman–Crippen LogP) is 1.70. The van der Waals surface area contributed by atoms with Crippen molar-refractivity contribution in [2.24, 2.45) is 7.05 Å².